The zero-order valence-electron chi connectivity index (χ0n) is 17.0. The van der Waals surface area contributed by atoms with Crippen molar-refractivity contribution in [3.63, 3.8) is 0 Å². The topological polar surface area (TPSA) is 72.5 Å². The Morgan fingerprint density at radius 2 is 2.00 bits per heavy atom. The molecule has 0 saturated heterocycles. The number of para-hydroxylation sites is 1. The SMILES string of the molecule is CCCN(CC1CC1)C(=O)CSc1nnc2n(CCC)c(=O)c3ccccc3n12. The highest BCUT2D eigenvalue weighted by atomic mass is 32.2. The van der Waals surface area contributed by atoms with Gasteiger partial charge in [-0.15, -0.1) is 10.2 Å². The Hall–Kier alpha value is -2.35. The van der Waals surface area contributed by atoms with Crippen molar-refractivity contribution in [2.75, 3.05) is 18.8 Å². The van der Waals surface area contributed by atoms with Crippen molar-refractivity contribution in [2.45, 2.75) is 51.2 Å². The van der Waals surface area contributed by atoms with Gasteiger partial charge < -0.3 is 4.90 Å². The summed E-state index contributed by atoms with van der Waals surface area (Å²) in [5, 5.41) is 9.91. The van der Waals surface area contributed by atoms with E-state index in [4.69, 9.17) is 0 Å². The van der Waals surface area contributed by atoms with Crippen LogP contribution < -0.4 is 5.56 Å². The predicted octanol–water partition coefficient (Wildman–Crippen LogP) is 3.19. The quantitative estimate of drug-likeness (QED) is 0.504. The van der Waals surface area contributed by atoms with E-state index in [0.717, 1.165) is 31.4 Å². The average molecular weight is 414 g/mol. The summed E-state index contributed by atoms with van der Waals surface area (Å²) in [7, 11) is 0. The van der Waals surface area contributed by atoms with E-state index in [1.54, 1.807) is 4.57 Å². The summed E-state index contributed by atoms with van der Waals surface area (Å²) in [6.45, 7) is 6.39. The van der Waals surface area contributed by atoms with Gasteiger partial charge in [0.15, 0.2) is 5.16 Å². The second-order valence-electron chi connectivity index (χ2n) is 7.66. The van der Waals surface area contributed by atoms with E-state index < -0.39 is 0 Å². The molecule has 3 aromatic rings. The van der Waals surface area contributed by atoms with E-state index in [-0.39, 0.29) is 11.5 Å². The van der Waals surface area contributed by atoms with Crippen LogP contribution >= 0.6 is 11.8 Å². The van der Waals surface area contributed by atoms with Crippen LogP contribution in [0, 0.1) is 5.92 Å². The second-order valence-corrected chi connectivity index (χ2v) is 8.61. The van der Waals surface area contributed by atoms with Gasteiger partial charge in [0, 0.05) is 19.6 Å². The zero-order chi connectivity index (χ0) is 20.4. The maximum Gasteiger partial charge on any atom is 0.262 e. The third-order valence-corrected chi connectivity index (χ3v) is 6.19. The Morgan fingerprint density at radius 1 is 1.21 bits per heavy atom. The maximum atomic E-state index is 12.9. The Kier molecular flexibility index (Phi) is 5.89. The molecule has 2 heterocycles. The minimum absolute atomic E-state index is 0.0477. The van der Waals surface area contributed by atoms with Crippen molar-refractivity contribution < 1.29 is 4.79 Å². The summed E-state index contributed by atoms with van der Waals surface area (Å²) in [5.41, 5.74) is 0.733. The Morgan fingerprint density at radius 3 is 2.72 bits per heavy atom. The number of nitrogens with zero attached hydrogens (tertiary/aromatic N) is 5. The summed E-state index contributed by atoms with van der Waals surface area (Å²) in [4.78, 5) is 27.7. The van der Waals surface area contributed by atoms with Crippen molar-refractivity contribution >= 4 is 34.3 Å². The van der Waals surface area contributed by atoms with Gasteiger partial charge in [0.05, 0.1) is 16.7 Å². The molecule has 1 fully saturated rings. The number of aryl methyl sites for hydroxylation is 1. The molecule has 0 atom stereocenters. The van der Waals surface area contributed by atoms with Crippen LogP contribution in [0.25, 0.3) is 16.7 Å². The molecule has 4 rings (SSSR count). The summed E-state index contributed by atoms with van der Waals surface area (Å²) >= 11 is 1.40. The lowest BCUT2D eigenvalue weighted by atomic mass is 10.2. The molecule has 1 aliphatic carbocycles. The van der Waals surface area contributed by atoms with Crippen LogP contribution in [0.15, 0.2) is 34.2 Å². The summed E-state index contributed by atoms with van der Waals surface area (Å²) in [6.07, 6.45) is 4.26. The normalized spacial score (nSPS) is 14.0. The minimum Gasteiger partial charge on any atom is -0.342 e. The fraction of sp³-hybridized carbons (Fsp3) is 0.524. The van der Waals surface area contributed by atoms with Crippen molar-refractivity contribution in [1.82, 2.24) is 24.1 Å². The van der Waals surface area contributed by atoms with Gasteiger partial charge in [0.25, 0.3) is 5.56 Å². The number of benzene rings is 1. The van der Waals surface area contributed by atoms with Crippen LogP contribution in [0.5, 0.6) is 0 Å². The molecule has 0 bridgehead atoms. The molecule has 0 spiro atoms. The monoisotopic (exact) mass is 413 g/mol. The molecule has 1 saturated carbocycles. The smallest absolute Gasteiger partial charge is 0.262 e. The number of fused-ring (bicyclic) bond motifs is 3. The zero-order valence-corrected chi connectivity index (χ0v) is 17.8. The van der Waals surface area contributed by atoms with Crippen molar-refractivity contribution in [3.05, 3.63) is 34.6 Å². The van der Waals surface area contributed by atoms with Crippen LogP contribution in [0.2, 0.25) is 0 Å². The molecule has 8 heteroatoms. The summed E-state index contributed by atoms with van der Waals surface area (Å²) < 4.78 is 3.59. The average Bonchev–Trinajstić information content (AvgIpc) is 3.45. The number of carbonyl (C=O) groups excluding carboxylic acids is 1. The van der Waals surface area contributed by atoms with E-state index in [0.29, 0.717) is 34.5 Å². The van der Waals surface area contributed by atoms with Gasteiger partial charge in [-0.2, -0.15) is 0 Å². The fourth-order valence-electron chi connectivity index (χ4n) is 3.67. The molecule has 0 radical (unpaired) electrons. The number of amides is 1. The number of rotatable bonds is 9. The van der Waals surface area contributed by atoms with E-state index in [2.05, 4.69) is 17.1 Å². The van der Waals surface area contributed by atoms with Gasteiger partial charge >= 0.3 is 0 Å². The van der Waals surface area contributed by atoms with Gasteiger partial charge in [-0.25, -0.2) is 0 Å². The first-order valence-corrected chi connectivity index (χ1v) is 11.4. The third kappa shape index (κ3) is 4.03. The molecule has 0 N–H and O–H groups in total. The molecule has 1 aromatic carbocycles. The number of thioether (sulfide) groups is 1. The third-order valence-electron chi connectivity index (χ3n) is 5.27. The number of aromatic nitrogens is 4. The number of hydrogen-bond acceptors (Lipinski definition) is 5. The molecular weight excluding hydrogens is 386 g/mol. The molecule has 2 aromatic heterocycles. The van der Waals surface area contributed by atoms with E-state index in [9.17, 15) is 9.59 Å². The van der Waals surface area contributed by atoms with Crippen LogP contribution in [0.3, 0.4) is 0 Å². The standard InChI is InChI=1S/C21H27N5O2S/c1-3-11-24(13-15-9-10-15)18(27)14-29-21-23-22-20-25(12-4-2)19(28)16-7-5-6-8-17(16)26(20)21/h5-8,15H,3-4,9-14H2,1-2H3. The maximum absolute atomic E-state index is 12.9. The van der Waals surface area contributed by atoms with E-state index in [1.807, 2.05) is 40.5 Å². The Labute approximate surface area is 174 Å². The number of carbonyl (C=O) groups is 1. The lowest BCUT2D eigenvalue weighted by molar-refractivity contribution is -0.128. The molecule has 1 aliphatic rings. The van der Waals surface area contributed by atoms with Crippen molar-refractivity contribution in [2.24, 2.45) is 5.92 Å². The first kappa shape index (κ1) is 19.9. The van der Waals surface area contributed by atoms with Crippen LogP contribution in [0.4, 0.5) is 0 Å². The van der Waals surface area contributed by atoms with Crippen molar-refractivity contribution in [1.29, 1.82) is 0 Å². The first-order chi connectivity index (χ1) is 14.1. The second kappa shape index (κ2) is 8.57. The van der Waals surface area contributed by atoms with Crippen LogP contribution in [-0.2, 0) is 11.3 Å². The summed E-state index contributed by atoms with van der Waals surface area (Å²) in [6, 6.07) is 7.52. The van der Waals surface area contributed by atoms with E-state index >= 15 is 0 Å². The van der Waals surface area contributed by atoms with Gasteiger partial charge in [0.2, 0.25) is 11.7 Å². The summed E-state index contributed by atoms with van der Waals surface area (Å²) in [5.74, 6) is 1.69. The van der Waals surface area contributed by atoms with Gasteiger partial charge in [-0.05, 0) is 43.7 Å². The highest BCUT2D eigenvalue weighted by Crippen LogP contribution is 2.30. The highest BCUT2D eigenvalue weighted by Gasteiger charge is 2.26. The lowest BCUT2D eigenvalue weighted by Gasteiger charge is -2.21. The molecule has 1 amide bonds. The Bertz CT molecular complexity index is 1090. The molecule has 154 valence electrons. The Balaban J connectivity index is 1.66. The first-order valence-electron chi connectivity index (χ1n) is 10.4. The van der Waals surface area contributed by atoms with Gasteiger partial charge in [-0.3, -0.25) is 18.6 Å². The fourth-order valence-corrected chi connectivity index (χ4v) is 4.51. The van der Waals surface area contributed by atoms with Gasteiger partial charge in [-0.1, -0.05) is 37.7 Å². The molecule has 0 unspecified atom stereocenters. The van der Waals surface area contributed by atoms with E-state index in [1.165, 1.54) is 24.6 Å². The number of hydrogen-bond donors (Lipinski definition) is 0. The largest absolute Gasteiger partial charge is 0.342 e. The highest BCUT2D eigenvalue weighted by molar-refractivity contribution is 7.99. The molecule has 29 heavy (non-hydrogen) atoms. The predicted molar refractivity (Wildman–Crippen MR) is 115 cm³/mol. The van der Waals surface area contributed by atoms with Gasteiger partial charge in [0.1, 0.15) is 0 Å². The van der Waals surface area contributed by atoms with Crippen molar-refractivity contribution in [3.8, 4) is 0 Å². The van der Waals surface area contributed by atoms with Crippen LogP contribution in [-0.4, -0.2) is 48.8 Å². The molecular formula is C21H27N5O2S. The molecule has 0 aliphatic heterocycles. The lowest BCUT2D eigenvalue weighted by Crippen LogP contribution is -2.35. The van der Waals surface area contributed by atoms with Crippen LogP contribution in [0.1, 0.15) is 39.5 Å². The minimum atomic E-state index is -0.0477. The molecule has 7 nitrogen and oxygen atoms in total.